The molecule has 21 heavy (non-hydrogen) atoms. The van der Waals surface area contributed by atoms with Crippen molar-refractivity contribution in [2.75, 3.05) is 0 Å². The van der Waals surface area contributed by atoms with Crippen molar-refractivity contribution in [3.05, 3.63) is 63.4 Å². The minimum absolute atomic E-state index is 0.552. The van der Waals surface area contributed by atoms with E-state index < -0.39 is 0 Å². The Morgan fingerprint density at radius 1 is 1.19 bits per heavy atom. The number of nitrogens with zero attached hydrogens (tertiary/aromatic N) is 1. The van der Waals surface area contributed by atoms with E-state index in [0.717, 1.165) is 26.3 Å². The van der Waals surface area contributed by atoms with E-state index >= 15 is 0 Å². The van der Waals surface area contributed by atoms with Crippen molar-refractivity contribution in [2.45, 2.75) is 13.5 Å². The maximum Gasteiger partial charge on any atom is 0.124 e. The largest absolute Gasteiger partial charge is 0.326 e. The Morgan fingerprint density at radius 3 is 2.81 bits per heavy atom. The van der Waals surface area contributed by atoms with Gasteiger partial charge in [-0.2, -0.15) is 0 Å². The first-order valence-electron chi connectivity index (χ1n) is 6.69. The van der Waals surface area contributed by atoms with Crippen LogP contribution in [-0.4, -0.2) is 4.98 Å². The molecule has 0 amide bonds. The Hall–Kier alpha value is -1.49. The fourth-order valence-corrected chi connectivity index (χ4v) is 3.65. The molecule has 2 N–H and O–H groups in total. The Kier molecular flexibility index (Phi) is 4.19. The van der Waals surface area contributed by atoms with Crippen molar-refractivity contribution in [3.63, 3.8) is 0 Å². The minimum Gasteiger partial charge on any atom is -0.326 e. The van der Waals surface area contributed by atoms with Crippen LogP contribution in [-0.2, 0) is 6.54 Å². The van der Waals surface area contributed by atoms with Crippen LogP contribution in [0.2, 0.25) is 0 Å². The van der Waals surface area contributed by atoms with Gasteiger partial charge in [-0.25, -0.2) is 4.98 Å². The average Bonchev–Trinajstić information content (AvgIpc) is 2.97. The molecule has 0 spiro atoms. The van der Waals surface area contributed by atoms with E-state index in [1.807, 2.05) is 12.1 Å². The van der Waals surface area contributed by atoms with Gasteiger partial charge in [-0.1, -0.05) is 40.2 Å². The molecule has 2 nitrogen and oxygen atoms in total. The highest BCUT2D eigenvalue weighted by Gasteiger charge is 2.09. The molecule has 0 aliphatic heterocycles. The molecular formula is C17H15BrN2S. The average molecular weight is 359 g/mol. The van der Waals surface area contributed by atoms with Gasteiger partial charge >= 0.3 is 0 Å². The number of hydrogen-bond acceptors (Lipinski definition) is 3. The van der Waals surface area contributed by atoms with Crippen molar-refractivity contribution in [1.29, 1.82) is 0 Å². The summed E-state index contributed by atoms with van der Waals surface area (Å²) in [6.45, 7) is 2.66. The quantitative estimate of drug-likeness (QED) is 0.714. The van der Waals surface area contributed by atoms with Gasteiger partial charge in [0.2, 0.25) is 0 Å². The predicted octanol–water partition coefficient (Wildman–Crippen LogP) is 5.01. The summed E-state index contributed by atoms with van der Waals surface area (Å²) in [5.74, 6) is 0. The van der Waals surface area contributed by atoms with E-state index in [2.05, 4.69) is 58.6 Å². The summed E-state index contributed by atoms with van der Waals surface area (Å²) in [4.78, 5) is 4.78. The van der Waals surface area contributed by atoms with Crippen molar-refractivity contribution < 1.29 is 0 Å². The number of nitrogens with two attached hydrogens (primary N) is 1. The second-order valence-corrected chi connectivity index (χ2v) is 6.68. The second-order valence-electron chi connectivity index (χ2n) is 4.90. The Labute approximate surface area is 136 Å². The molecule has 2 aromatic carbocycles. The molecular weight excluding hydrogens is 344 g/mol. The molecule has 0 saturated heterocycles. The minimum atomic E-state index is 0.552. The molecule has 4 heteroatoms. The molecule has 1 heterocycles. The number of rotatable bonds is 3. The number of aromatic nitrogens is 1. The molecule has 0 saturated carbocycles. The van der Waals surface area contributed by atoms with Gasteiger partial charge in [-0.05, 0) is 36.2 Å². The molecule has 3 rings (SSSR count). The van der Waals surface area contributed by atoms with Crippen LogP contribution in [0.3, 0.4) is 0 Å². The topological polar surface area (TPSA) is 38.9 Å². The number of aryl methyl sites for hydroxylation is 1. The van der Waals surface area contributed by atoms with Crippen molar-refractivity contribution in [3.8, 4) is 21.8 Å². The molecule has 0 radical (unpaired) electrons. The van der Waals surface area contributed by atoms with Crippen molar-refractivity contribution >= 4 is 27.3 Å². The lowest BCUT2D eigenvalue weighted by Crippen LogP contribution is -1.95. The molecule has 3 aromatic rings. The zero-order chi connectivity index (χ0) is 14.8. The highest BCUT2D eigenvalue weighted by Crippen LogP contribution is 2.32. The summed E-state index contributed by atoms with van der Waals surface area (Å²) < 4.78 is 1.09. The van der Waals surface area contributed by atoms with E-state index in [4.69, 9.17) is 10.7 Å². The fourth-order valence-electron chi connectivity index (χ4n) is 2.25. The summed E-state index contributed by atoms with van der Waals surface area (Å²) in [6, 6.07) is 14.5. The van der Waals surface area contributed by atoms with E-state index in [1.165, 1.54) is 11.1 Å². The summed E-state index contributed by atoms with van der Waals surface area (Å²) in [5.41, 5.74) is 11.4. The zero-order valence-electron chi connectivity index (χ0n) is 11.6. The maximum absolute atomic E-state index is 5.70. The van der Waals surface area contributed by atoms with Gasteiger partial charge in [0.15, 0.2) is 0 Å². The molecule has 106 valence electrons. The lowest BCUT2D eigenvalue weighted by Gasteiger charge is -2.03. The summed E-state index contributed by atoms with van der Waals surface area (Å²) in [7, 11) is 0. The fraction of sp³-hybridized carbons (Fsp3) is 0.118. The third kappa shape index (κ3) is 3.07. The third-order valence-electron chi connectivity index (χ3n) is 3.38. The summed E-state index contributed by atoms with van der Waals surface area (Å²) >= 11 is 5.17. The van der Waals surface area contributed by atoms with Gasteiger partial charge in [-0.15, -0.1) is 11.3 Å². The van der Waals surface area contributed by atoms with Crippen LogP contribution in [0.5, 0.6) is 0 Å². The first kappa shape index (κ1) is 14.4. The number of hydrogen-bond donors (Lipinski definition) is 1. The third-order valence-corrected chi connectivity index (χ3v) is 4.75. The Bertz CT molecular complexity index is 780. The maximum atomic E-state index is 5.70. The van der Waals surface area contributed by atoms with Gasteiger partial charge in [0.05, 0.1) is 5.69 Å². The Balaban J connectivity index is 1.99. The monoisotopic (exact) mass is 358 g/mol. The molecule has 1 aromatic heterocycles. The van der Waals surface area contributed by atoms with Gasteiger partial charge in [0.1, 0.15) is 5.01 Å². The van der Waals surface area contributed by atoms with Crippen molar-refractivity contribution in [1.82, 2.24) is 4.98 Å². The normalized spacial score (nSPS) is 10.8. The van der Waals surface area contributed by atoms with Crippen LogP contribution in [0.15, 0.2) is 52.3 Å². The number of thiazole rings is 1. The predicted molar refractivity (Wildman–Crippen MR) is 93.3 cm³/mol. The lowest BCUT2D eigenvalue weighted by atomic mass is 10.1. The van der Waals surface area contributed by atoms with Crippen LogP contribution >= 0.6 is 27.3 Å². The van der Waals surface area contributed by atoms with Crippen molar-refractivity contribution in [2.24, 2.45) is 5.73 Å². The molecule has 0 fully saturated rings. The highest BCUT2D eigenvalue weighted by atomic mass is 79.9. The molecule has 0 aliphatic carbocycles. The molecule has 0 unspecified atom stereocenters. The highest BCUT2D eigenvalue weighted by molar-refractivity contribution is 9.10. The second kappa shape index (κ2) is 6.10. The van der Waals surface area contributed by atoms with Gasteiger partial charge < -0.3 is 5.73 Å². The first-order chi connectivity index (χ1) is 10.2. The lowest BCUT2D eigenvalue weighted by molar-refractivity contribution is 1.07. The van der Waals surface area contributed by atoms with E-state index in [9.17, 15) is 0 Å². The smallest absolute Gasteiger partial charge is 0.124 e. The zero-order valence-corrected chi connectivity index (χ0v) is 14.0. The van der Waals surface area contributed by atoms with E-state index in [0.29, 0.717) is 6.54 Å². The van der Waals surface area contributed by atoms with Crippen LogP contribution in [0.25, 0.3) is 21.8 Å². The van der Waals surface area contributed by atoms with Crippen LogP contribution in [0.4, 0.5) is 0 Å². The van der Waals surface area contributed by atoms with Gasteiger partial charge in [0, 0.05) is 27.5 Å². The summed E-state index contributed by atoms with van der Waals surface area (Å²) in [6.07, 6.45) is 0. The molecule has 0 atom stereocenters. The summed E-state index contributed by atoms with van der Waals surface area (Å²) in [5, 5.41) is 3.15. The SMILES string of the molecule is Cc1cc(Br)ccc1-c1nc(-c2cccc(CN)c2)cs1. The van der Waals surface area contributed by atoms with E-state index in [1.54, 1.807) is 11.3 Å². The standard InChI is InChI=1S/C17H15BrN2S/c1-11-7-14(18)5-6-15(11)17-20-16(10-21-17)13-4-2-3-12(8-13)9-19/h2-8,10H,9,19H2,1H3. The van der Waals surface area contributed by atoms with Gasteiger partial charge in [-0.3, -0.25) is 0 Å². The molecule has 0 bridgehead atoms. The molecule has 0 aliphatic rings. The van der Waals surface area contributed by atoms with E-state index in [-0.39, 0.29) is 0 Å². The Morgan fingerprint density at radius 2 is 2.05 bits per heavy atom. The number of halogens is 1. The van der Waals surface area contributed by atoms with Crippen LogP contribution in [0, 0.1) is 6.92 Å². The van der Waals surface area contributed by atoms with Crippen LogP contribution < -0.4 is 5.73 Å². The van der Waals surface area contributed by atoms with Gasteiger partial charge in [0.25, 0.3) is 0 Å². The number of benzene rings is 2. The first-order valence-corrected chi connectivity index (χ1v) is 8.36. The van der Waals surface area contributed by atoms with Crippen LogP contribution in [0.1, 0.15) is 11.1 Å².